The van der Waals surface area contributed by atoms with E-state index in [0.717, 1.165) is 0 Å². The van der Waals surface area contributed by atoms with Crippen LogP contribution in [0.2, 0.25) is 0 Å². The molecule has 1 aliphatic carbocycles. The van der Waals surface area contributed by atoms with Crippen LogP contribution in [0, 0.1) is 0 Å². The number of hydrogen-bond donors (Lipinski definition) is 0. The first-order chi connectivity index (χ1) is 7.65. The molecule has 0 radical (unpaired) electrons. The van der Waals surface area contributed by atoms with Crippen molar-refractivity contribution < 1.29 is 19.1 Å². The van der Waals surface area contributed by atoms with Crippen molar-refractivity contribution in [3.05, 3.63) is 0 Å². The molecule has 0 aliphatic heterocycles. The highest BCUT2D eigenvalue weighted by molar-refractivity contribution is 6.26. The van der Waals surface area contributed by atoms with Crippen LogP contribution in [-0.2, 0) is 19.1 Å². The molecule has 1 aliphatic rings. The van der Waals surface area contributed by atoms with Gasteiger partial charge in [-0.3, -0.25) is 9.59 Å². The molecule has 0 aromatic carbocycles. The molecule has 0 aromatic heterocycles. The zero-order valence-corrected chi connectivity index (χ0v) is 10.3. The van der Waals surface area contributed by atoms with E-state index in [2.05, 4.69) is 0 Å². The molecule has 92 valence electrons. The van der Waals surface area contributed by atoms with Crippen LogP contribution >= 0.6 is 23.2 Å². The average molecular weight is 269 g/mol. The lowest BCUT2D eigenvalue weighted by atomic mass is 9.95. The van der Waals surface area contributed by atoms with Gasteiger partial charge >= 0.3 is 11.9 Å². The van der Waals surface area contributed by atoms with E-state index in [1.165, 1.54) is 0 Å². The van der Waals surface area contributed by atoms with Crippen molar-refractivity contribution in [1.82, 2.24) is 0 Å². The van der Waals surface area contributed by atoms with E-state index in [9.17, 15) is 9.59 Å². The Hall–Kier alpha value is -0.480. The summed E-state index contributed by atoms with van der Waals surface area (Å²) in [6, 6.07) is 0. The largest absolute Gasteiger partial charge is 0.461 e. The molecule has 1 saturated carbocycles. The highest BCUT2D eigenvalue weighted by Crippen LogP contribution is 2.23. The zero-order valence-electron chi connectivity index (χ0n) is 8.79. The van der Waals surface area contributed by atoms with Crippen molar-refractivity contribution in [2.45, 2.75) is 37.9 Å². The van der Waals surface area contributed by atoms with Crippen LogP contribution < -0.4 is 0 Å². The number of esters is 2. The monoisotopic (exact) mass is 268 g/mol. The van der Waals surface area contributed by atoms with Crippen LogP contribution in [0.15, 0.2) is 0 Å². The van der Waals surface area contributed by atoms with Crippen molar-refractivity contribution in [3.63, 3.8) is 0 Å². The minimum Gasteiger partial charge on any atom is -0.461 e. The van der Waals surface area contributed by atoms with Gasteiger partial charge in [-0.15, -0.1) is 23.2 Å². The summed E-state index contributed by atoms with van der Waals surface area (Å²) in [5, 5.41) is 0. The van der Waals surface area contributed by atoms with Gasteiger partial charge in [-0.25, -0.2) is 0 Å². The van der Waals surface area contributed by atoms with Gasteiger partial charge < -0.3 is 9.47 Å². The summed E-state index contributed by atoms with van der Waals surface area (Å²) < 4.78 is 10.2. The minimum absolute atomic E-state index is 0.0998. The molecule has 6 heteroatoms. The Morgan fingerprint density at radius 2 is 1.19 bits per heavy atom. The fraction of sp³-hybridized carbons (Fsp3) is 0.800. The number of rotatable bonds is 4. The lowest BCUT2D eigenvalue weighted by Crippen LogP contribution is -2.30. The Bertz CT molecular complexity index is 223. The van der Waals surface area contributed by atoms with Gasteiger partial charge in [0.2, 0.25) is 0 Å². The van der Waals surface area contributed by atoms with E-state index in [1.807, 2.05) is 0 Å². The lowest BCUT2D eigenvalue weighted by Gasteiger charge is -2.27. The summed E-state index contributed by atoms with van der Waals surface area (Å²) in [6.07, 6.45) is 2.59. The topological polar surface area (TPSA) is 52.6 Å². The quantitative estimate of drug-likeness (QED) is 0.577. The number of carbonyl (C=O) groups excluding carboxylic acids is 2. The molecule has 1 rings (SSSR count). The average Bonchev–Trinajstić information content (AvgIpc) is 2.31. The SMILES string of the molecule is O=C(CCl)OC1CCC(OC(=O)CCl)CC1. The van der Waals surface area contributed by atoms with Crippen LogP contribution in [-0.4, -0.2) is 35.9 Å². The molecule has 4 nitrogen and oxygen atoms in total. The highest BCUT2D eigenvalue weighted by atomic mass is 35.5. The Labute approximate surface area is 104 Å². The smallest absolute Gasteiger partial charge is 0.321 e. The fourth-order valence-corrected chi connectivity index (χ4v) is 1.83. The molecular formula is C10H14Cl2O4. The molecule has 1 fully saturated rings. The van der Waals surface area contributed by atoms with E-state index in [4.69, 9.17) is 32.7 Å². The first-order valence-corrected chi connectivity index (χ1v) is 6.23. The Kier molecular flexibility index (Phi) is 5.91. The summed E-state index contributed by atoms with van der Waals surface area (Å²) in [5.74, 6) is -1.05. The van der Waals surface area contributed by atoms with Gasteiger partial charge in [0.1, 0.15) is 24.0 Å². The maximum absolute atomic E-state index is 10.9. The normalized spacial score (nSPS) is 24.9. The first-order valence-electron chi connectivity index (χ1n) is 5.16. The molecule has 0 atom stereocenters. The van der Waals surface area contributed by atoms with Crippen molar-refractivity contribution >= 4 is 35.1 Å². The summed E-state index contributed by atoms with van der Waals surface area (Å²) in [7, 11) is 0. The number of hydrogen-bond acceptors (Lipinski definition) is 4. The van der Waals surface area contributed by atoms with E-state index in [0.29, 0.717) is 25.7 Å². The van der Waals surface area contributed by atoms with Crippen LogP contribution in [0.3, 0.4) is 0 Å². The van der Waals surface area contributed by atoms with Gasteiger partial charge in [-0.2, -0.15) is 0 Å². The predicted octanol–water partition coefficient (Wildman–Crippen LogP) is 1.86. The summed E-state index contributed by atoms with van der Waals surface area (Å²) >= 11 is 10.7. The van der Waals surface area contributed by atoms with Crippen LogP contribution in [0.4, 0.5) is 0 Å². The Balaban J connectivity index is 2.23. The van der Waals surface area contributed by atoms with E-state index >= 15 is 0 Å². The number of carbonyl (C=O) groups is 2. The minimum atomic E-state index is -0.400. The molecule has 0 bridgehead atoms. The standard InChI is InChI=1S/C10H14Cl2O4/c11-5-9(13)15-7-1-2-8(4-3-7)16-10(14)6-12/h7-8H,1-6H2. The van der Waals surface area contributed by atoms with Crippen LogP contribution in [0.1, 0.15) is 25.7 Å². The summed E-state index contributed by atoms with van der Waals surface area (Å²) in [4.78, 5) is 21.9. The van der Waals surface area contributed by atoms with Crippen molar-refractivity contribution in [3.8, 4) is 0 Å². The Morgan fingerprint density at radius 1 is 0.875 bits per heavy atom. The van der Waals surface area contributed by atoms with E-state index < -0.39 is 11.9 Å². The maximum atomic E-state index is 10.9. The van der Waals surface area contributed by atoms with E-state index in [-0.39, 0.29) is 24.0 Å². The highest BCUT2D eigenvalue weighted by Gasteiger charge is 2.25. The molecule has 16 heavy (non-hydrogen) atoms. The van der Waals surface area contributed by atoms with Crippen molar-refractivity contribution in [1.29, 1.82) is 0 Å². The Morgan fingerprint density at radius 3 is 1.44 bits per heavy atom. The molecule has 0 amide bonds. The molecule has 0 unspecified atom stereocenters. The van der Waals surface area contributed by atoms with Gasteiger partial charge in [-0.1, -0.05) is 0 Å². The summed E-state index contributed by atoms with van der Waals surface area (Å²) in [5.41, 5.74) is 0. The van der Waals surface area contributed by atoms with Gasteiger partial charge in [0, 0.05) is 0 Å². The molecule has 0 aromatic rings. The third-order valence-corrected chi connectivity index (χ3v) is 2.87. The lowest BCUT2D eigenvalue weighted by molar-refractivity contribution is -0.155. The molecule has 0 saturated heterocycles. The second-order valence-corrected chi connectivity index (χ2v) is 4.18. The molecular weight excluding hydrogens is 255 g/mol. The van der Waals surface area contributed by atoms with Gasteiger partial charge in [0.05, 0.1) is 0 Å². The van der Waals surface area contributed by atoms with Gasteiger partial charge in [-0.05, 0) is 25.7 Å². The predicted molar refractivity (Wildman–Crippen MR) is 59.7 cm³/mol. The van der Waals surface area contributed by atoms with Crippen LogP contribution in [0.25, 0.3) is 0 Å². The van der Waals surface area contributed by atoms with Crippen molar-refractivity contribution in [2.24, 2.45) is 0 Å². The molecule has 0 N–H and O–H groups in total. The van der Waals surface area contributed by atoms with E-state index in [1.54, 1.807) is 0 Å². The second-order valence-electron chi connectivity index (χ2n) is 3.65. The third-order valence-electron chi connectivity index (χ3n) is 2.44. The van der Waals surface area contributed by atoms with Gasteiger partial charge in [0.15, 0.2) is 0 Å². The zero-order chi connectivity index (χ0) is 12.0. The second kappa shape index (κ2) is 6.97. The number of ether oxygens (including phenoxy) is 2. The summed E-state index contributed by atoms with van der Waals surface area (Å²) in [6.45, 7) is 0. The van der Waals surface area contributed by atoms with Crippen LogP contribution in [0.5, 0.6) is 0 Å². The van der Waals surface area contributed by atoms with Gasteiger partial charge in [0.25, 0.3) is 0 Å². The first kappa shape index (κ1) is 13.6. The maximum Gasteiger partial charge on any atom is 0.321 e. The molecule has 0 heterocycles. The van der Waals surface area contributed by atoms with Crippen molar-refractivity contribution in [2.75, 3.05) is 11.8 Å². The third kappa shape index (κ3) is 4.58. The molecule has 0 spiro atoms. The fourth-order valence-electron chi connectivity index (χ4n) is 1.70. The number of alkyl halides is 2. The number of halogens is 2.